The Balaban J connectivity index is 1.87. The number of amides is 1. The third kappa shape index (κ3) is 3.90. The fourth-order valence-corrected chi connectivity index (χ4v) is 3.89. The van der Waals surface area contributed by atoms with Crippen molar-refractivity contribution in [3.63, 3.8) is 0 Å². The number of rotatable bonds is 3. The molecule has 0 radical (unpaired) electrons. The zero-order valence-corrected chi connectivity index (χ0v) is 15.7. The van der Waals surface area contributed by atoms with E-state index >= 15 is 0 Å². The molecule has 26 heavy (non-hydrogen) atoms. The van der Waals surface area contributed by atoms with Crippen LogP contribution in [-0.2, 0) is 4.74 Å². The van der Waals surface area contributed by atoms with Crippen LogP contribution in [0, 0.1) is 10.1 Å². The number of nitro benzene ring substituents is 1. The monoisotopic (exact) mass is 362 g/mol. The van der Waals surface area contributed by atoms with Crippen molar-refractivity contribution >= 4 is 23.2 Å². The van der Waals surface area contributed by atoms with Gasteiger partial charge in [0.1, 0.15) is 11.3 Å². The van der Waals surface area contributed by atoms with Gasteiger partial charge in [-0.2, -0.15) is 0 Å². The molecule has 1 amide bonds. The maximum Gasteiger partial charge on any atom is 0.412 e. The lowest BCUT2D eigenvalue weighted by Gasteiger charge is -2.41. The van der Waals surface area contributed by atoms with Gasteiger partial charge in [0.2, 0.25) is 0 Å². The largest absolute Gasteiger partial charge is 0.444 e. The Hall–Kier alpha value is -2.35. The van der Waals surface area contributed by atoms with Crippen LogP contribution in [0.2, 0.25) is 0 Å². The summed E-state index contributed by atoms with van der Waals surface area (Å²) in [7, 11) is 2.12. The molecule has 8 nitrogen and oxygen atoms in total. The van der Waals surface area contributed by atoms with Crippen molar-refractivity contribution in [3.05, 3.63) is 28.3 Å². The molecular weight excluding hydrogens is 336 g/mol. The molecule has 2 fully saturated rings. The van der Waals surface area contributed by atoms with E-state index in [1.807, 2.05) is 0 Å². The molecular formula is C18H26N4O4. The van der Waals surface area contributed by atoms with Gasteiger partial charge in [-0.15, -0.1) is 0 Å². The number of carbonyl (C=O) groups excluding carboxylic acids is 1. The number of carbonyl (C=O) groups is 1. The molecule has 3 rings (SSSR count). The number of ether oxygens (including phenoxy) is 1. The maximum absolute atomic E-state index is 12.1. The van der Waals surface area contributed by atoms with Crippen molar-refractivity contribution < 1.29 is 14.5 Å². The highest BCUT2D eigenvalue weighted by Gasteiger charge is 2.39. The van der Waals surface area contributed by atoms with E-state index in [1.165, 1.54) is 6.07 Å². The van der Waals surface area contributed by atoms with Crippen LogP contribution in [0.15, 0.2) is 18.2 Å². The van der Waals surface area contributed by atoms with Crippen LogP contribution in [0.3, 0.4) is 0 Å². The second kappa shape index (κ2) is 6.75. The number of likely N-dealkylation sites (N-methyl/N-ethyl adjacent to an activating group) is 1. The van der Waals surface area contributed by atoms with E-state index in [0.717, 1.165) is 31.6 Å². The normalized spacial score (nSPS) is 23.0. The van der Waals surface area contributed by atoms with Crippen LogP contribution >= 0.6 is 0 Å². The summed E-state index contributed by atoms with van der Waals surface area (Å²) in [5.74, 6) is 0. The standard InChI is InChI=1S/C18H26N4O4/c1-18(2,3)26-17(23)19-15-9-12(7-8-16(15)22(24)25)21-13-5-6-14(21)11-20(4)10-13/h7-9,13-14H,5-6,10-11H2,1-4H3,(H,19,23)/t13-,14+. The van der Waals surface area contributed by atoms with Crippen molar-refractivity contribution in [1.82, 2.24) is 4.90 Å². The van der Waals surface area contributed by atoms with Crippen molar-refractivity contribution in [2.45, 2.75) is 51.3 Å². The third-order valence-electron chi connectivity index (χ3n) is 4.78. The van der Waals surface area contributed by atoms with Crippen molar-refractivity contribution in [2.24, 2.45) is 0 Å². The second-order valence-electron chi connectivity index (χ2n) is 8.10. The Kier molecular flexibility index (Phi) is 4.79. The quantitative estimate of drug-likeness (QED) is 0.656. The number of piperazine rings is 1. The number of likely N-dealkylation sites (tertiary alicyclic amines) is 1. The molecule has 2 saturated heterocycles. The van der Waals surface area contributed by atoms with E-state index in [9.17, 15) is 14.9 Å². The van der Waals surface area contributed by atoms with Crippen molar-refractivity contribution in [2.75, 3.05) is 30.4 Å². The molecule has 1 N–H and O–H groups in total. The molecule has 1 aromatic carbocycles. The van der Waals surface area contributed by atoms with Crippen LogP contribution in [-0.4, -0.2) is 53.7 Å². The summed E-state index contributed by atoms with van der Waals surface area (Å²) in [6.07, 6.45) is 1.53. The number of nitro groups is 1. The molecule has 0 aromatic heterocycles. The molecule has 2 aliphatic rings. The van der Waals surface area contributed by atoms with Crippen LogP contribution in [0.25, 0.3) is 0 Å². The molecule has 0 aliphatic carbocycles. The lowest BCUT2D eigenvalue weighted by Crippen LogP contribution is -2.52. The predicted molar refractivity (Wildman–Crippen MR) is 99.7 cm³/mol. The van der Waals surface area contributed by atoms with Crippen LogP contribution in [0.1, 0.15) is 33.6 Å². The van der Waals surface area contributed by atoms with Gasteiger partial charge in [-0.25, -0.2) is 4.79 Å². The molecule has 2 atom stereocenters. The van der Waals surface area contributed by atoms with Crippen LogP contribution in [0.4, 0.5) is 21.9 Å². The maximum atomic E-state index is 12.1. The first kappa shape index (κ1) is 18.4. The van der Waals surface area contributed by atoms with E-state index < -0.39 is 16.6 Å². The Morgan fingerprint density at radius 2 is 1.88 bits per heavy atom. The van der Waals surface area contributed by atoms with Gasteiger partial charge < -0.3 is 14.5 Å². The number of anilines is 2. The minimum absolute atomic E-state index is 0.138. The van der Waals surface area contributed by atoms with Gasteiger partial charge in [0.15, 0.2) is 0 Å². The van der Waals surface area contributed by atoms with Gasteiger partial charge in [-0.05, 0) is 52.8 Å². The summed E-state index contributed by atoms with van der Waals surface area (Å²) in [6, 6.07) is 5.72. The van der Waals surface area contributed by atoms with Crippen LogP contribution in [0.5, 0.6) is 0 Å². The van der Waals surface area contributed by atoms with Gasteiger partial charge in [-0.1, -0.05) is 0 Å². The summed E-state index contributed by atoms with van der Waals surface area (Å²) >= 11 is 0. The average Bonchev–Trinajstić information content (AvgIpc) is 2.76. The molecule has 2 bridgehead atoms. The van der Waals surface area contributed by atoms with Crippen molar-refractivity contribution in [1.29, 1.82) is 0 Å². The van der Waals surface area contributed by atoms with E-state index in [-0.39, 0.29) is 11.4 Å². The summed E-state index contributed by atoms with van der Waals surface area (Å²) in [5, 5.41) is 13.9. The number of hydrogen-bond acceptors (Lipinski definition) is 6. The molecule has 0 unspecified atom stereocenters. The summed E-state index contributed by atoms with van der Waals surface area (Å²) in [6.45, 7) is 7.20. The van der Waals surface area contributed by atoms with Gasteiger partial charge in [-0.3, -0.25) is 15.4 Å². The van der Waals surface area contributed by atoms with E-state index in [4.69, 9.17) is 4.74 Å². The number of benzene rings is 1. The Morgan fingerprint density at radius 1 is 1.27 bits per heavy atom. The number of nitrogens with one attached hydrogen (secondary N) is 1. The van der Waals surface area contributed by atoms with Gasteiger partial charge in [0.05, 0.1) is 4.92 Å². The Labute approximate surface area is 153 Å². The minimum Gasteiger partial charge on any atom is -0.444 e. The zero-order valence-electron chi connectivity index (χ0n) is 15.7. The molecule has 0 spiro atoms. The van der Waals surface area contributed by atoms with Gasteiger partial charge >= 0.3 is 6.09 Å². The number of nitrogens with zero attached hydrogens (tertiary/aromatic N) is 3. The lowest BCUT2D eigenvalue weighted by atomic mass is 10.1. The Morgan fingerprint density at radius 3 is 2.42 bits per heavy atom. The first-order valence-corrected chi connectivity index (χ1v) is 8.89. The summed E-state index contributed by atoms with van der Waals surface area (Å²) < 4.78 is 5.24. The minimum atomic E-state index is -0.695. The van der Waals surface area contributed by atoms with Crippen LogP contribution < -0.4 is 10.2 Å². The van der Waals surface area contributed by atoms with Crippen molar-refractivity contribution in [3.8, 4) is 0 Å². The SMILES string of the molecule is CN1C[C@H]2CC[C@@H](C1)N2c1ccc([N+](=O)[O-])c(NC(=O)OC(C)(C)C)c1. The van der Waals surface area contributed by atoms with E-state index in [1.54, 1.807) is 32.9 Å². The first-order valence-electron chi connectivity index (χ1n) is 8.89. The number of fused-ring (bicyclic) bond motifs is 2. The lowest BCUT2D eigenvalue weighted by molar-refractivity contribution is -0.383. The highest BCUT2D eigenvalue weighted by atomic mass is 16.6. The fourth-order valence-electron chi connectivity index (χ4n) is 3.89. The smallest absolute Gasteiger partial charge is 0.412 e. The second-order valence-corrected chi connectivity index (χ2v) is 8.10. The Bertz CT molecular complexity index is 702. The molecule has 0 saturated carbocycles. The van der Waals surface area contributed by atoms with Gasteiger partial charge in [0.25, 0.3) is 5.69 Å². The topological polar surface area (TPSA) is 88.0 Å². The molecule has 1 aromatic rings. The average molecular weight is 362 g/mol. The highest BCUT2D eigenvalue weighted by molar-refractivity contribution is 5.89. The highest BCUT2D eigenvalue weighted by Crippen LogP contribution is 2.38. The van der Waals surface area contributed by atoms with E-state index in [2.05, 4.69) is 22.2 Å². The molecule has 8 heteroatoms. The van der Waals surface area contributed by atoms with E-state index in [0.29, 0.717) is 12.1 Å². The molecule has 142 valence electrons. The third-order valence-corrected chi connectivity index (χ3v) is 4.78. The molecule has 2 heterocycles. The number of hydrogen-bond donors (Lipinski definition) is 1. The predicted octanol–water partition coefficient (Wildman–Crippen LogP) is 3.22. The van der Waals surface area contributed by atoms with Gasteiger partial charge in [0, 0.05) is 36.9 Å². The zero-order chi connectivity index (χ0) is 19.1. The summed E-state index contributed by atoms with van der Waals surface area (Å²) in [4.78, 5) is 27.6. The fraction of sp³-hybridized carbons (Fsp3) is 0.611. The first-order chi connectivity index (χ1) is 12.1. The summed E-state index contributed by atoms with van der Waals surface area (Å²) in [5.41, 5.74) is 0.260. The molecule has 2 aliphatic heterocycles.